The monoisotopic (exact) mass is 276 g/mol. The fraction of sp³-hybridized carbons (Fsp3) is 0.562. The average Bonchev–Trinajstić information content (AvgIpc) is 2.49. The molecule has 1 aromatic rings. The number of benzene rings is 1. The molecule has 4 heteroatoms. The van der Waals surface area contributed by atoms with Crippen molar-refractivity contribution in [2.75, 3.05) is 27.2 Å². The molecule has 1 fully saturated rings. The van der Waals surface area contributed by atoms with E-state index in [2.05, 4.69) is 10.2 Å². The van der Waals surface area contributed by atoms with Crippen LogP contribution in [0.1, 0.15) is 35.2 Å². The molecule has 110 valence electrons. The van der Waals surface area contributed by atoms with E-state index in [1.807, 2.05) is 31.3 Å². The van der Waals surface area contributed by atoms with Crippen molar-refractivity contribution in [2.45, 2.75) is 31.8 Å². The molecule has 1 aliphatic rings. The number of carbonyl (C=O) groups is 1. The van der Waals surface area contributed by atoms with E-state index in [9.17, 15) is 4.79 Å². The van der Waals surface area contributed by atoms with Gasteiger partial charge in [0.25, 0.3) is 0 Å². The molecule has 1 saturated heterocycles. The highest BCUT2D eigenvalue weighted by molar-refractivity contribution is 5.89. The van der Waals surface area contributed by atoms with Crippen molar-refractivity contribution >= 4 is 5.97 Å². The van der Waals surface area contributed by atoms with Crippen LogP contribution in [0.4, 0.5) is 0 Å². The summed E-state index contributed by atoms with van der Waals surface area (Å²) < 4.78 is 4.72. The molecule has 1 atom stereocenters. The number of likely N-dealkylation sites (tertiary alicyclic amines) is 1. The predicted octanol–water partition coefficient (Wildman–Crippen LogP) is 2.05. The van der Waals surface area contributed by atoms with Gasteiger partial charge >= 0.3 is 5.97 Å². The van der Waals surface area contributed by atoms with Crippen LogP contribution in [0.25, 0.3) is 0 Å². The number of hydrogen-bond donors (Lipinski definition) is 1. The van der Waals surface area contributed by atoms with Crippen LogP contribution in [0.5, 0.6) is 0 Å². The summed E-state index contributed by atoms with van der Waals surface area (Å²) >= 11 is 0. The smallest absolute Gasteiger partial charge is 0.337 e. The SMILES string of the molecule is CNCC1CCCCN1Cc1ccc(C(=O)OC)cc1. The molecule has 0 amide bonds. The molecular formula is C16H24N2O2. The summed E-state index contributed by atoms with van der Waals surface area (Å²) in [4.78, 5) is 13.9. The zero-order valence-electron chi connectivity index (χ0n) is 12.4. The Morgan fingerprint density at radius 3 is 2.75 bits per heavy atom. The van der Waals surface area contributed by atoms with Crippen molar-refractivity contribution in [1.29, 1.82) is 0 Å². The number of methoxy groups -OCH3 is 1. The lowest BCUT2D eigenvalue weighted by atomic mass is 10.0. The molecule has 2 rings (SSSR count). The molecule has 1 unspecified atom stereocenters. The molecule has 1 aliphatic heterocycles. The number of likely N-dealkylation sites (N-methyl/N-ethyl adjacent to an activating group) is 1. The zero-order valence-corrected chi connectivity index (χ0v) is 12.4. The molecule has 4 nitrogen and oxygen atoms in total. The van der Waals surface area contributed by atoms with E-state index in [4.69, 9.17) is 4.74 Å². The minimum Gasteiger partial charge on any atom is -0.465 e. The Kier molecular flexibility index (Phi) is 5.56. The lowest BCUT2D eigenvalue weighted by molar-refractivity contribution is 0.0600. The first-order chi connectivity index (χ1) is 9.74. The maximum Gasteiger partial charge on any atom is 0.337 e. The van der Waals surface area contributed by atoms with Gasteiger partial charge in [-0.3, -0.25) is 4.90 Å². The van der Waals surface area contributed by atoms with Crippen LogP contribution in [0.3, 0.4) is 0 Å². The quantitative estimate of drug-likeness (QED) is 0.836. The second kappa shape index (κ2) is 7.41. The Bertz CT molecular complexity index is 429. The predicted molar refractivity (Wildman–Crippen MR) is 79.8 cm³/mol. The van der Waals surface area contributed by atoms with Crippen molar-refractivity contribution < 1.29 is 9.53 Å². The lowest BCUT2D eigenvalue weighted by Crippen LogP contribution is -2.44. The summed E-state index contributed by atoms with van der Waals surface area (Å²) in [5.41, 5.74) is 1.86. The fourth-order valence-corrected chi connectivity index (χ4v) is 2.83. The van der Waals surface area contributed by atoms with Crippen LogP contribution < -0.4 is 5.32 Å². The number of ether oxygens (including phenoxy) is 1. The third kappa shape index (κ3) is 3.81. The van der Waals surface area contributed by atoms with Gasteiger partial charge in [-0.15, -0.1) is 0 Å². The molecule has 1 heterocycles. The van der Waals surface area contributed by atoms with Gasteiger partial charge in [-0.05, 0) is 44.1 Å². The standard InChI is InChI=1S/C16H24N2O2/c1-17-11-15-5-3-4-10-18(15)12-13-6-8-14(9-7-13)16(19)20-2/h6-9,15,17H,3-5,10-12H2,1-2H3. The topological polar surface area (TPSA) is 41.6 Å². The Morgan fingerprint density at radius 2 is 2.10 bits per heavy atom. The average molecular weight is 276 g/mol. The normalized spacial score (nSPS) is 19.8. The molecule has 0 aromatic heterocycles. The van der Waals surface area contributed by atoms with Crippen molar-refractivity contribution in [3.8, 4) is 0 Å². The molecular weight excluding hydrogens is 252 g/mol. The summed E-state index contributed by atoms with van der Waals surface area (Å²) in [6.07, 6.45) is 3.87. The summed E-state index contributed by atoms with van der Waals surface area (Å²) in [5, 5.41) is 3.28. The van der Waals surface area contributed by atoms with Crippen molar-refractivity contribution in [3.05, 3.63) is 35.4 Å². The molecule has 0 bridgehead atoms. The second-order valence-corrected chi connectivity index (χ2v) is 5.37. The van der Waals surface area contributed by atoms with Gasteiger partial charge in [-0.1, -0.05) is 18.6 Å². The van der Waals surface area contributed by atoms with Crippen LogP contribution in [0.15, 0.2) is 24.3 Å². The number of piperidine rings is 1. The van der Waals surface area contributed by atoms with Gasteiger partial charge in [-0.25, -0.2) is 4.79 Å². The maximum atomic E-state index is 11.4. The highest BCUT2D eigenvalue weighted by Gasteiger charge is 2.21. The van der Waals surface area contributed by atoms with Crippen LogP contribution in [-0.2, 0) is 11.3 Å². The van der Waals surface area contributed by atoms with E-state index in [0.29, 0.717) is 11.6 Å². The molecule has 1 N–H and O–H groups in total. The van der Waals surface area contributed by atoms with Crippen molar-refractivity contribution in [3.63, 3.8) is 0 Å². The Labute approximate surface area is 121 Å². The minimum atomic E-state index is -0.275. The van der Waals surface area contributed by atoms with Crippen LogP contribution in [0, 0.1) is 0 Å². The Morgan fingerprint density at radius 1 is 1.35 bits per heavy atom. The zero-order chi connectivity index (χ0) is 14.4. The van der Waals surface area contributed by atoms with E-state index < -0.39 is 0 Å². The van der Waals surface area contributed by atoms with Gasteiger partial charge in [0.15, 0.2) is 0 Å². The van der Waals surface area contributed by atoms with Crippen LogP contribution >= 0.6 is 0 Å². The van der Waals surface area contributed by atoms with E-state index in [1.54, 1.807) is 0 Å². The van der Waals surface area contributed by atoms with Gasteiger partial charge in [0.2, 0.25) is 0 Å². The van der Waals surface area contributed by atoms with E-state index in [1.165, 1.54) is 31.9 Å². The number of esters is 1. The summed E-state index contributed by atoms with van der Waals surface area (Å²) in [5.74, 6) is -0.275. The number of hydrogen-bond acceptors (Lipinski definition) is 4. The van der Waals surface area contributed by atoms with E-state index >= 15 is 0 Å². The molecule has 0 radical (unpaired) electrons. The fourth-order valence-electron chi connectivity index (χ4n) is 2.83. The number of nitrogens with zero attached hydrogens (tertiary/aromatic N) is 1. The van der Waals surface area contributed by atoms with E-state index in [0.717, 1.165) is 19.6 Å². The highest BCUT2D eigenvalue weighted by Crippen LogP contribution is 2.19. The number of rotatable bonds is 5. The molecule has 0 spiro atoms. The first-order valence-electron chi connectivity index (χ1n) is 7.30. The molecule has 0 saturated carbocycles. The first-order valence-corrected chi connectivity index (χ1v) is 7.30. The van der Waals surface area contributed by atoms with Crippen LogP contribution in [-0.4, -0.2) is 44.2 Å². The molecule has 1 aromatic carbocycles. The first kappa shape index (κ1) is 15.0. The summed E-state index contributed by atoms with van der Waals surface area (Å²) in [7, 11) is 3.42. The third-order valence-electron chi connectivity index (χ3n) is 3.95. The summed E-state index contributed by atoms with van der Waals surface area (Å²) in [6.45, 7) is 3.15. The maximum absolute atomic E-state index is 11.4. The summed E-state index contributed by atoms with van der Waals surface area (Å²) in [6, 6.07) is 8.36. The number of nitrogens with one attached hydrogen (secondary N) is 1. The lowest BCUT2D eigenvalue weighted by Gasteiger charge is -2.35. The molecule has 20 heavy (non-hydrogen) atoms. The van der Waals surface area contributed by atoms with Gasteiger partial charge in [-0.2, -0.15) is 0 Å². The van der Waals surface area contributed by atoms with Crippen molar-refractivity contribution in [2.24, 2.45) is 0 Å². The Hall–Kier alpha value is -1.39. The van der Waals surface area contributed by atoms with Gasteiger partial charge < -0.3 is 10.1 Å². The van der Waals surface area contributed by atoms with Gasteiger partial charge in [0.05, 0.1) is 12.7 Å². The number of carbonyl (C=O) groups excluding carboxylic acids is 1. The largest absolute Gasteiger partial charge is 0.465 e. The minimum absolute atomic E-state index is 0.275. The van der Waals surface area contributed by atoms with Gasteiger partial charge in [0, 0.05) is 19.1 Å². The van der Waals surface area contributed by atoms with E-state index in [-0.39, 0.29) is 5.97 Å². The highest BCUT2D eigenvalue weighted by atomic mass is 16.5. The molecule has 0 aliphatic carbocycles. The van der Waals surface area contributed by atoms with Gasteiger partial charge in [0.1, 0.15) is 0 Å². The Balaban J connectivity index is 1.99. The van der Waals surface area contributed by atoms with Crippen LogP contribution in [0.2, 0.25) is 0 Å². The third-order valence-corrected chi connectivity index (χ3v) is 3.95. The second-order valence-electron chi connectivity index (χ2n) is 5.37. The van der Waals surface area contributed by atoms with Crippen molar-refractivity contribution in [1.82, 2.24) is 10.2 Å².